The molecule has 7 aromatic rings. The second-order valence-electron chi connectivity index (χ2n) is 12.6. The Kier molecular flexibility index (Phi) is 7.18. The minimum Gasteiger partial charge on any atom is -0.403 e. The van der Waals surface area contributed by atoms with E-state index in [0.29, 0.717) is 5.75 Å². The normalized spacial score (nSPS) is 19.5. The van der Waals surface area contributed by atoms with Gasteiger partial charge in [0.25, 0.3) is 0 Å². The van der Waals surface area contributed by atoms with Crippen LogP contribution in [0.1, 0.15) is 17.0 Å². The van der Waals surface area contributed by atoms with Gasteiger partial charge in [0.2, 0.25) is 0 Å². The fourth-order valence-electron chi connectivity index (χ4n) is 7.35. The molecule has 0 aromatic heterocycles. The van der Waals surface area contributed by atoms with Crippen LogP contribution in [-0.2, 0) is 9.09 Å². The highest BCUT2D eigenvalue weighted by molar-refractivity contribution is 7.48. The predicted octanol–water partition coefficient (Wildman–Crippen LogP) is 9.50. The summed E-state index contributed by atoms with van der Waals surface area (Å²) in [5.41, 5.74) is 8.65. The minimum atomic E-state index is -4.60. The second-order valence-corrected chi connectivity index (χ2v) is 13.9. The van der Waals surface area contributed by atoms with Gasteiger partial charge in [0.1, 0.15) is 11.9 Å². The number of benzene rings is 7. The lowest BCUT2D eigenvalue weighted by Crippen LogP contribution is -2.39. The first-order chi connectivity index (χ1) is 24.0. The van der Waals surface area contributed by atoms with Gasteiger partial charge in [-0.05, 0) is 60.7 Å². The van der Waals surface area contributed by atoms with Crippen LogP contribution in [0.3, 0.4) is 0 Å². The molecule has 1 N–H and O–H groups in total. The van der Waals surface area contributed by atoms with Crippen LogP contribution >= 0.6 is 7.82 Å². The van der Waals surface area contributed by atoms with Gasteiger partial charge >= 0.3 is 7.82 Å². The third-order valence-electron chi connectivity index (χ3n) is 9.65. The van der Waals surface area contributed by atoms with Gasteiger partial charge in [-0.3, -0.25) is 9.42 Å². The van der Waals surface area contributed by atoms with Gasteiger partial charge in [0.05, 0.1) is 0 Å². The molecule has 1 heterocycles. The highest BCUT2D eigenvalue weighted by Crippen LogP contribution is 2.58. The molecule has 3 atom stereocenters. The fraction of sp³-hybridized carbons (Fsp3) is 0.0455. The van der Waals surface area contributed by atoms with Crippen LogP contribution in [0.15, 0.2) is 164 Å². The summed E-state index contributed by atoms with van der Waals surface area (Å²) < 4.78 is 26.5. The van der Waals surface area contributed by atoms with E-state index in [9.17, 15) is 9.46 Å². The molecule has 0 radical (unpaired) electrons. The number of hydrogen-bond donors (Lipinski definition) is 1. The van der Waals surface area contributed by atoms with Crippen molar-refractivity contribution in [1.29, 1.82) is 0 Å². The summed E-state index contributed by atoms with van der Waals surface area (Å²) >= 11 is 0. The largest absolute Gasteiger partial charge is 0.528 e. The molecule has 1 aliphatic heterocycles. The van der Waals surface area contributed by atoms with Gasteiger partial charge in [0, 0.05) is 22.6 Å². The number of phosphoric acid groups is 1. The highest BCUT2D eigenvalue weighted by atomic mass is 31.2. The molecule has 2 aliphatic rings. The Balaban J connectivity index is 1.27. The van der Waals surface area contributed by atoms with Crippen molar-refractivity contribution in [2.75, 3.05) is 0 Å². The van der Waals surface area contributed by atoms with E-state index in [1.165, 1.54) is 0 Å². The third kappa shape index (κ3) is 5.31. The monoisotopic (exact) mass is 654 g/mol. The van der Waals surface area contributed by atoms with Crippen molar-refractivity contribution in [1.82, 2.24) is 0 Å². The van der Waals surface area contributed by atoms with Crippen molar-refractivity contribution in [2.45, 2.75) is 12.0 Å². The maximum atomic E-state index is 14.0. The van der Waals surface area contributed by atoms with Gasteiger partial charge in [-0.2, -0.15) is 0 Å². The molecule has 7 aromatic carbocycles. The Morgan fingerprint density at radius 3 is 1.82 bits per heavy atom. The molecule has 1 aliphatic carbocycles. The van der Waals surface area contributed by atoms with Crippen LogP contribution in [-0.4, -0.2) is 11.0 Å². The molecule has 9 rings (SSSR count). The standard InChI is InChI=1S/C44H31O4P/c45-49(46)47-43-39(33-23-19-31(20-24-33)29-11-3-1-4-12-29)27-35-15-7-9-17-37(35)41(43)42-38-18-10-8-16-36(38)28-40(44(42)48-49)34-25-21-32(22-26-34)30-13-5-2-6-14-30/h1-28,39,43H,(H,45,46)/t39-,43?/m1/s1. The van der Waals surface area contributed by atoms with Gasteiger partial charge in [-0.25, -0.2) is 4.57 Å². The molecular weight excluding hydrogens is 623 g/mol. The summed E-state index contributed by atoms with van der Waals surface area (Å²) in [6.45, 7) is 0. The van der Waals surface area contributed by atoms with Crippen LogP contribution in [0.4, 0.5) is 0 Å². The summed E-state index contributed by atoms with van der Waals surface area (Å²) in [6, 6.07) is 55.5. The lowest BCUT2D eigenvalue weighted by atomic mass is 9.78. The van der Waals surface area contributed by atoms with E-state index in [1.54, 1.807) is 0 Å². The smallest absolute Gasteiger partial charge is 0.403 e. The Bertz CT molecular complexity index is 2530. The van der Waals surface area contributed by atoms with E-state index in [2.05, 4.69) is 91.0 Å². The van der Waals surface area contributed by atoms with E-state index < -0.39 is 13.9 Å². The summed E-state index contributed by atoms with van der Waals surface area (Å²) in [6.07, 6.45) is 1.37. The summed E-state index contributed by atoms with van der Waals surface area (Å²) in [4.78, 5) is 11.5. The average Bonchev–Trinajstić information content (AvgIpc) is 3.28. The number of fused-ring (bicyclic) bond motifs is 6. The summed E-state index contributed by atoms with van der Waals surface area (Å²) in [5.74, 6) is 0.00157. The minimum absolute atomic E-state index is 0.350. The first kappa shape index (κ1) is 29.6. The van der Waals surface area contributed by atoms with Gasteiger partial charge in [-0.15, -0.1) is 0 Å². The van der Waals surface area contributed by atoms with E-state index in [-0.39, 0.29) is 5.92 Å². The molecule has 4 nitrogen and oxygen atoms in total. The van der Waals surface area contributed by atoms with Crippen molar-refractivity contribution >= 4 is 30.2 Å². The maximum absolute atomic E-state index is 14.0. The van der Waals surface area contributed by atoms with Crippen molar-refractivity contribution in [2.24, 2.45) is 0 Å². The van der Waals surface area contributed by atoms with E-state index in [4.69, 9.17) is 9.05 Å². The summed E-state index contributed by atoms with van der Waals surface area (Å²) in [5, 5.41) is 3.93. The van der Waals surface area contributed by atoms with Gasteiger partial charge < -0.3 is 4.52 Å². The zero-order chi connectivity index (χ0) is 33.0. The fourth-order valence-corrected chi connectivity index (χ4v) is 8.34. The van der Waals surface area contributed by atoms with Crippen molar-refractivity contribution in [3.63, 3.8) is 0 Å². The molecule has 0 saturated carbocycles. The Morgan fingerprint density at radius 2 is 1.12 bits per heavy atom. The number of rotatable bonds is 4. The zero-order valence-corrected chi connectivity index (χ0v) is 27.3. The Morgan fingerprint density at radius 1 is 0.571 bits per heavy atom. The SMILES string of the molecule is O=P1(O)Oc2c(-c3ccc(-c4ccccc4)cc3)cc3ccccc3c2C2=c3ccccc3=C[C@H](c3ccc(-c4ccccc4)cc3)C2O1. The Labute approximate surface area is 284 Å². The first-order valence-corrected chi connectivity index (χ1v) is 17.9. The molecule has 0 fully saturated rings. The van der Waals surface area contributed by atoms with Crippen molar-refractivity contribution in [3.8, 4) is 39.1 Å². The van der Waals surface area contributed by atoms with Gasteiger partial charge in [-0.1, -0.05) is 164 Å². The number of phosphoric ester groups is 1. The topological polar surface area (TPSA) is 55.8 Å². The van der Waals surface area contributed by atoms with Crippen molar-refractivity contribution in [3.05, 3.63) is 185 Å². The van der Waals surface area contributed by atoms with Crippen LogP contribution in [0.25, 0.3) is 55.8 Å². The predicted molar refractivity (Wildman–Crippen MR) is 197 cm³/mol. The van der Waals surface area contributed by atoms with Gasteiger partial charge in [0.15, 0.2) is 0 Å². The van der Waals surface area contributed by atoms with E-state index >= 15 is 0 Å². The van der Waals surface area contributed by atoms with Crippen molar-refractivity contribution < 1.29 is 18.5 Å². The van der Waals surface area contributed by atoms with Crippen LogP contribution < -0.4 is 15.0 Å². The quantitative estimate of drug-likeness (QED) is 0.192. The van der Waals surface area contributed by atoms with Crippen LogP contribution in [0, 0.1) is 0 Å². The third-order valence-corrected chi connectivity index (χ3v) is 10.6. The Hall–Kier alpha value is -5.51. The molecule has 2 unspecified atom stereocenters. The maximum Gasteiger partial charge on any atom is 0.528 e. The average molecular weight is 655 g/mol. The molecule has 0 bridgehead atoms. The number of hydrogen-bond acceptors (Lipinski definition) is 3. The molecule has 236 valence electrons. The molecule has 0 amide bonds. The molecule has 0 spiro atoms. The zero-order valence-electron chi connectivity index (χ0n) is 26.4. The van der Waals surface area contributed by atoms with E-state index in [1.807, 2.05) is 78.9 Å². The first-order valence-electron chi connectivity index (χ1n) is 16.4. The highest BCUT2D eigenvalue weighted by Gasteiger charge is 2.43. The molecular formula is C44H31O4P. The second kappa shape index (κ2) is 11.9. The van der Waals surface area contributed by atoms with Crippen LogP contribution in [0.5, 0.6) is 5.75 Å². The molecule has 49 heavy (non-hydrogen) atoms. The lowest BCUT2D eigenvalue weighted by molar-refractivity contribution is 0.170. The van der Waals surface area contributed by atoms with E-state index in [0.717, 1.165) is 71.3 Å². The van der Waals surface area contributed by atoms with Crippen LogP contribution in [0.2, 0.25) is 0 Å². The molecule has 5 heteroatoms. The lowest BCUT2D eigenvalue weighted by Gasteiger charge is -2.29. The molecule has 0 saturated heterocycles. The summed E-state index contributed by atoms with van der Waals surface area (Å²) in [7, 11) is -4.60.